The Kier molecular flexibility index (Phi) is 6.01. The van der Waals surface area contributed by atoms with Crippen molar-refractivity contribution in [3.05, 3.63) is 68.4 Å². The monoisotopic (exact) mass is 386 g/mol. The summed E-state index contributed by atoms with van der Waals surface area (Å²) in [6.45, 7) is 4.99. The Labute approximate surface area is 156 Å². The first-order chi connectivity index (χ1) is 11.5. The second kappa shape index (κ2) is 8.03. The van der Waals surface area contributed by atoms with Crippen LogP contribution in [0.25, 0.3) is 0 Å². The van der Waals surface area contributed by atoms with Gasteiger partial charge in [-0.15, -0.1) is 0 Å². The molecule has 1 aliphatic rings. The van der Waals surface area contributed by atoms with Crippen molar-refractivity contribution in [2.45, 2.75) is 13.1 Å². The number of hydrogen-bond donors (Lipinski definition) is 0. The summed E-state index contributed by atoms with van der Waals surface area (Å²) in [4.78, 5) is 4.59. The van der Waals surface area contributed by atoms with Gasteiger partial charge in [-0.25, -0.2) is 4.39 Å². The van der Waals surface area contributed by atoms with Crippen molar-refractivity contribution < 1.29 is 4.39 Å². The molecule has 1 fully saturated rings. The van der Waals surface area contributed by atoms with Gasteiger partial charge in [0.25, 0.3) is 0 Å². The normalized spacial score (nSPS) is 16.5. The molecule has 0 radical (unpaired) electrons. The van der Waals surface area contributed by atoms with Gasteiger partial charge in [0.15, 0.2) is 0 Å². The quantitative estimate of drug-likeness (QED) is 0.720. The molecule has 0 bridgehead atoms. The Morgan fingerprint density at radius 2 is 1.46 bits per heavy atom. The van der Waals surface area contributed by atoms with Crippen molar-refractivity contribution in [1.82, 2.24) is 9.80 Å². The summed E-state index contributed by atoms with van der Waals surface area (Å²) in [6.07, 6.45) is 0. The molecule has 0 saturated carbocycles. The van der Waals surface area contributed by atoms with Gasteiger partial charge in [-0.3, -0.25) is 9.80 Å². The van der Waals surface area contributed by atoms with E-state index < -0.39 is 0 Å². The molecule has 2 aromatic carbocycles. The first-order valence-corrected chi connectivity index (χ1v) is 8.98. The van der Waals surface area contributed by atoms with Crippen LogP contribution in [0.3, 0.4) is 0 Å². The SMILES string of the molecule is Fc1cccc(Cl)c1CN1CCN(Cc2ccc(Cl)c(Cl)c2)CC1. The summed E-state index contributed by atoms with van der Waals surface area (Å²) in [5.41, 5.74) is 1.73. The topological polar surface area (TPSA) is 6.48 Å². The maximum Gasteiger partial charge on any atom is 0.129 e. The summed E-state index contributed by atoms with van der Waals surface area (Å²) in [5, 5.41) is 1.65. The highest BCUT2D eigenvalue weighted by Gasteiger charge is 2.19. The number of halogens is 4. The van der Waals surface area contributed by atoms with Gasteiger partial charge < -0.3 is 0 Å². The molecule has 1 saturated heterocycles. The summed E-state index contributed by atoms with van der Waals surface area (Å²) < 4.78 is 13.9. The van der Waals surface area contributed by atoms with E-state index in [0.717, 1.165) is 38.3 Å². The predicted molar refractivity (Wildman–Crippen MR) is 98.4 cm³/mol. The minimum atomic E-state index is -0.235. The van der Waals surface area contributed by atoms with Crippen LogP contribution in [0.1, 0.15) is 11.1 Å². The van der Waals surface area contributed by atoms with Crippen LogP contribution in [-0.4, -0.2) is 36.0 Å². The highest BCUT2D eigenvalue weighted by Crippen LogP contribution is 2.24. The van der Waals surface area contributed by atoms with Crippen LogP contribution in [0.4, 0.5) is 4.39 Å². The molecule has 1 aliphatic heterocycles. The molecule has 0 unspecified atom stereocenters. The third-order valence-electron chi connectivity index (χ3n) is 4.30. The van der Waals surface area contributed by atoms with Gasteiger partial charge in [0.1, 0.15) is 5.82 Å². The van der Waals surface area contributed by atoms with Gasteiger partial charge in [-0.05, 0) is 29.8 Å². The molecule has 0 aliphatic carbocycles. The second-order valence-electron chi connectivity index (χ2n) is 6.00. The van der Waals surface area contributed by atoms with Crippen molar-refractivity contribution in [2.75, 3.05) is 26.2 Å². The molecule has 3 rings (SSSR count). The first-order valence-electron chi connectivity index (χ1n) is 7.84. The van der Waals surface area contributed by atoms with E-state index >= 15 is 0 Å². The van der Waals surface area contributed by atoms with Gasteiger partial charge in [-0.1, -0.05) is 46.9 Å². The Bertz CT molecular complexity index is 695. The van der Waals surface area contributed by atoms with Gasteiger partial charge in [0.2, 0.25) is 0 Å². The lowest BCUT2D eigenvalue weighted by molar-refractivity contribution is 0.121. The molecule has 2 aromatic rings. The van der Waals surface area contributed by atoms with Crippen molar-refractivity contribution >= 4 is 34.8 Å². The Hall–Kier alpha value is -0.840. The van der Waals surface area contributed by atoms with Crippen LogP contribution in [-0.2, 0) is 13.1 Å². The third kappa shape index (κ3) is 4.41. The summed E-state index contributed by atoms with van der Waals surface area (Å²) in [6, 6.07) is 10.6. The van der Waals surface area contributed by atoms with Crippen molar-refractivity contribution in [3.8, 4) is 0 Å². The van der Waals surface area contributed by atoms with Crippen molar-refractivity contribution in [3.63, 3.8) is 0 Å². The van der Waals surface area contributed by atoms with E-state index in [1.165, 1.54) is 6.07 Å². The number of rotatable bonds is 4. The van der Waals surface area contributed by atoms with Crippen LogP contribution in [0, 0.1) is 5.82 Å². The highest BCUT2D eigenvalue weighted by molar-refractivity contribution is 6.42. The summed E-state index contributed by atoms with van der Waals surface area (Å²) in [7, 11) is 0. The first kappa shape index (κ1) is 18.0. The zero-order valence-electron chi connectivity index (χ0n) is 13.1. The highest BCUT2D eigenvalue weighted by atomic mass is 35.5. The lowest BCUT2D eigenvalue weighted by Crippen LogP contribution is -2.45. The fraction of sp³-hybridized carbons (Fsp3) is 0.333. The second-order valence-corrected chi connectivity index (χ2v) is 7.22. The molecule has 0 amide bonds. The Balaban J connectivity index is 1.55. The van der Waals surface area contributed by atoms with Crippen LogP contribution < -0.4 is 0 Å². The molecule has 0 aromatic heterocycles. The average molecular weight is 388 g/mol. The van der Waals surface area contributed by atoms with E-state index in [-0.39, 0.29) is 5.82 Å². The van der Waals surface area contributed by atoms with Gasteiger partial charge >= 0.3 is 0 Å². The number of piperazine rings is 1. The molecule has 128 valence electrons. The summed E-state index contributed by atoms with van der Waals surface area (Å²) >= 11 is 18.1. The standard InChI is InChI=1S/C18H18Cl3FN2/c19-15-2-1-3-18(22)14(15)12-24-8-6-23(7-9-24)11-13-4-5-16(20)17(21)10-13/h1-5,10H,6-9,11-12H2. The molecular weight excluding hydrogens is 370 g/mol. The maximum absolute atomic E-state index is 13.9. The molecule has 0 spiro atoms. The molecule has 0 N–H and O–H groups in total. The average Bonchev–Trinajstić information content (AvgIpc) is 2.56. The van der Waals surface area contributed by atoms with Gasteiger partial charge in [0, 0.05) is 49.9 Å². The minimum Gasteiger partial charge on any atom is -0.297 e. The van der Waals surface area contributed by atoms with E-state index in [4.69, 9.17) is 34.8 Å². The van der Waals surface area contributed by atoms with Crippen LogP contribution in [0.5, 0.6) is 0 Å². The van der Waals surface area contributed by atoms with E-state index in [0.29, 0.717) is 27.2 Å². The maximum atomic E-state index is 13.9. The van der Waals surface area contributed by atoms with Gasteiger partial charge in [0.05, 0.1) is 10.0 Å². The molecule has 2 nitrogen and oxygen atoms in total. The Morgan fingerprint density at radius 1 is 0.792 bits per heavy atom. The van der Waals surface area contributed by atoms with Gasteiger partial charge in [-0.2, -0.15) is 0 Å². The van der Waals surface area contributed by atoms with E-state index in [2.05, 4.69) is 9.80 Å². The van der Waals surface area contributed by atoms with Crippen LogP contribution in [0.2, 0.25) is 15.1 Å². The van der Waals surface area contributed by atoms with Crippen molar-refractivity contribution in [1.29, 1.82) is 0 Å². The third-order valence-corrected chi connectivity index (χ3v) is 5.39. The molecule has 0 atom stereocenters. The smallest absolute Gasteiger partial charge is 0.129 e. The predicted octanol–water partition coefficient (Wildman–Crippen LogP) is 5.10. The number of hydrogen-bond acceptors (Lipinski definition) is 2. The van der Waals surface area contributed by atoms with E-state index in [9.17, 15) is 4.39 Å². The van der Waals surface area contributed by atoms with Crippen molar-refractivity contribution in [2.24, 2.45) is 0 Å². The largest absolute Gasteiger partial charge is 0.297 e. The summed E-state index contributed by atoms with van der Waals surface area (Å²) in [5.74, 6) is -0.235. The van der Waals surface area contributed by atoms with E-state index in [1.54, 1.807) is 12.1 Å². The lowest BCUT2D eigenvalue weighted by Gasteiger charge is -2.35. The van der Waals surface area contributed by atoms with Crippen LogP contribution >= 0.6 is 34.8 Å². The Morgan fingerprint density at radius 3 is 2.08 bits per heavy atom. The minimum absolute atomic E-state index is 0.235. The van der Waals surface area contributed by atoms with Crippen LogP contribution in [0.15, 0.2) is 36.4 Å². The fourth-order valence-corrected chi connectivity index (χ4v) is 3.45. The fourth-order valence-electron chi connectivity index (χ4n) is 2.91. The molecule has 6 heteroatoms. The lowest BCUT2D eigenvalue weighted by atomic mass is 10.1. The van der Waals surface area contributed by atoms with E-state index in [1.807, 2.05) is 18.2 Å². The molecule has 1 heterocycles. The number of nitrogens with zero attached hydrogens (tertiary/aromatic N) is 2. The zero-order chi connectivity index (χ0) is 17.1. The zero-order valence-corrected chi connectivity index (χ0v) is 15.4. The molecular formula is C18H18Cl3FN2. The molecule has 24 heavy (non-hydrogen) atoms. The number of benzene rings is 2.